The first kappa shape index (κ1) is 19.8. The molecule has 0 saturated heterocycles. The van der Waals surface area contributed by atoms with Crippen LogP contribution in [-0.2, 0) is 4.79 Å². The molecule has 2 aromatic heterocycles. The van der Waals surface area contributed by atoms with Crippen molar-refractivity contribution in [3.05, 3.63) is 41.8 Å². The van der Waals surface area contributed by atoms with Crippen molar-refractivity contribution in [1.82, 2.24) is 14.9 Å². The highest BCUT2D eigenvalue weighted by atomic mass is 32.2. The molecule has 0 aliphatic carbocycles. The van der Waals surface area contributed by atoms with Crippen LogP contribution in [0.25, 0.3) is 21.6 Å². The Hall–Kier alpha value is -2.94. The van der Waals surface area contributed by atoms with Crippen LogP contribution in [0.1, 0.15) is 12.8 Å². The Bertz CT molecular complexity index is 1020. The predicted octanol–water partition coefficient (Wildman–Crippen LogP) is 4.11. The van der Waals surface area contributed by atoms with Crippen LogP contribution >= 0.6 is 23.1 Å². The summed E-state index contributed by atoms with van der Waals surface area (Å²) in [6.45, 7) is 0.672. The van der Waals surface area contributed by atoms with Gasteiger partial charge in [0.1, 0.15) is 5.03 Å². The molecule has 28 heavy (non-hydrogen) atoms. The van der Waals surface area contributed by atoms with Gasteiger partial charge in [-0.1, -0.05) is 36.0 Å². The number of rotatable bonds is 8. The van der Waals surface area contributed by atoms with Crippen LogP contribution in [0.2, 0.25) is 0 Å². The van der Waals surface area contributed by atoms with E-state index in [-0.39, 0.29) is 24.5 Å². The van der Waals surface area contributed by atoms with E-state index >= 15 is 0 Å². The maximum absolute atomic E-state index is 12.6. The van der Waals surface area contributed by atoms with Crippen molar-refractivity contribution in [2.45, 2.75) is 17.9 Å². The third-order valence-corrected chi connectivity index (χ3v) is 5.82. The summed E-state index contributed by atoms with van der Waals surface area (Å²) in [6, 6.07) is 15.8. The largest absolute Gasteiger partial charge is 0.340 e. The molecule has 0 aliphatic heterocycles. The van der Waals surface area contributed by atoms with E-state index in [1.165, 1.54) is 11.8 Å². The smallest absolute Gasteiger partial charge is 0.233 e. The molecule has 1 amide bonds. The fourth-order valence-corrected chi connectivity index (χ4v) is 4.21. The lowest BCUT2D eigenvalue weighted by atomic mass is 10.2. The molecule has 140 valence electrons. The predicted molar refractivity (Wildman–Crippen MR) is 111 cm³/mol. The molecule has 8 heteroatoms. The van der Waals surface area contributed by atoms with Gasteiger partial charge in [-0.2, -0.15) is 10.5 Å². The van der Waals surface area contributed by atoms with Gasteiger partial charge in [-0.3, -0.25) is 4.79 Å². The van der Waals surface area contributed by atoms with E-state index in [4.69, 9.17) is 10.5 Å². The Morgan fingerprint density at radius 1 is 1.07 bits per heavy atom. The molecule has 3 rings (SSSR count). The first-order chi connectivity index (χ1) is 13.7. The van der Waals surface area contributed by atoms with Crippen LogP contribution in [0.5, 0.6) is 0 Å². The number of para-hydroxylation sites is 1. The van der Waals surface area contributed by atoms with E-state index in [9.17, 15) is 4.79 Å². The quantitative estimate of drug-likeness (QED) is 0.412. The zero-order valence-electron chi connectivity index (χ0n) is 15.0. The normalized spacial score (nSPS) is 10.4. The van der Waals surface area contributed by atoms with Crippen molar-refractivity contribution in [2.24, 2.45) is 0 Å². The highest BCUT2D eigenvalue weighted by Gasteiger charge is 2.16. The highest BCUT2D eigenvalue weighted by Crippen LogP contribution is 2.30. The van der Waals surface area contributed by atoms with Crippen molar-refractivity contribution in [3.63, 3.8) is 0 Å². The number of carbonyl (C=O) groups excluding carboxylic acids is 1. The van der Waals surface area contributed by atoms with E-state index in [1.54, 1.807) is 16.2 Å². The van der Waals surface area contributed by atoms with E-state index in [1.807, 2.05) is 53.9 Å². The second-order valence-electron chi connectivity index (χ2n) is 5.83. The molecule has 6 nitrogen and oxygen atoms in total. The monoisotopic (exact) mass is 407 g/mol. The number of fused-ring (bicyclic) bond motifs is 1. The Labute approximate surface area is 171 Å². The first-order valence-electron chi connectivity index (χ1n) is 8.68. The third-order valence-electron chi connectivity index (χ3n) is 3.98. The van der Waals surface area contributed by atoms with E-state index in [0.29, 0.717) is 18.9 Å². The average Bonchev–Trinajstić information content (AvgIpc) is 3.26. The van der Waals surface area contributed by atoms with Gasteiger partial charge in [-0.15, -0.1) is 11.3 Å². The Morgan fingerprint density at radius 2 is 1.82 bits per heavy atom. The van der Waals surface area contributed by atoms with Crippen LogP contribution in [0.4, 0.5) is 0 Å². The number of aromatic nitrogens is 2. The number of nitriles is 2. The molecule has 0 aliphatic rings. The Kier molecular flexibility index (Phi) is 6.96. The zero-order valence-corrected chi connectivity index (χ0v) is 16.7. The SMILES string of the molecule is N#CCCN(CCC#N)C(=O)CSc1nc(-c2cccs2)nc2ccccc12. The molecule has 0 atom stereocenters. The van der Waals surface area contributed by atoms with E-state index in [2.05, 4.69) is 9.97 Å². The van der Waals surface area contributed by atoms with Gasteiger partial charge >= 0.3 is 0 Å². The number of benzene rings is 1. The molecular weight excluding hydrogens is 390 g/mol. The molecule has 0 unspecified atom stereocenters. The molecule has 2 heterocycles. The summed E-state index contributed by atoms with van der Waals surface area (Å²) in [5.41, 5.74) is 0.835. The summed E-state index contributed by atoms with van der Waals surface area (Å²) < 4.78 is 0. The summed E-state index contributed by atoms with van der Waals surface area (Å²) >= 11 is 2.93. The summed E-state index contributed by atoms with van der Waals surface area (Å²) in [5, 5.41) is 21.2. The topological polar surface area (TPSA) is 93.7 Å². The molecule has 0 bridgehead atoms. The van der Waals surface area contributed by atoms with Gasteiger partial charge in [0.05, 0.1) is 41.1 Å². The molecule has 0 fully saturated rings. The number of hydrogen-bond donors (Lipinski definition) is 0. The summed E-state index contributed by atoms with van der Waals surface area (Å²) in [7, 11) is 0. The van der Waals surface area contributed by atoms with Gasteiger partial charge < -0.3 is 4.90 Å². The van der Waals surface area contributed by atoms with Crippen LogP contribution < -0.4 is 0 Å². The lowest BCUT2D eigenvalue weighted by Gasteiger charge is -2.20. The number of thioether (sulfide) groups is 1. The number of carbonyl (C=O) groups is 1. The minimum absolute atomic E-state index is 0.101. The molecular formula is C20H17N5OS2. The van der Waals surface area contributed by atoms with Gasteiger partial charge in [-0.25, -0.2) is 9.97 Å². The van der Waals surface area contributed by atoms with Crippen molar-refractivity contribution in [2.75, 3.05) is 18.8 Å². The van der Waals surface area contributed by atoms with Crippen LogP contribution in [0.15, 0.2) is 46.8 Å². The standard InChI is InChI=1S/C20H17N5OS2/c21-9-4-11-25(12-5-10-22)18(26)14-28-20-15-6-1-2-7-16(15)23-19(24-20)17-8-3-13-27-17/h1-3,6-8,13H,4-5,11-12,14H2. The van der Waals surface area contributed by atoms with Gasteiger partial charge in [0, 0.05) is 18.5 Å². The minimum atomic E-state index is -0.101. The number of hydrogen-bond acceptors (Lipinski definition) is 7. The fraction of sp³-hybridized carbons (Fsp3) is 0.250. The van der Waals surface area contributed by atoms with Crippen LogP contribution in [0, 0.1) is 22.7 Å². The summed E-state index contributed by atoms with van der Waals surface area (Å²) in [6.07, 6.45) is 0.502. The average molecular weight is 408 g/mol. The minimum Gasteiger partial charge on any atom is -0.340 e. The third kappa shape index (κ3) is 4.86. The molecule has 1 aromatic carbocycles. The second kappa shape index (κ2) is 9.84. The maximum atomic E-state index is 12.6. The van der Waals surface area contributed by atoms with Gasteiger partial charge in [0.25, 0.3) is 0 Å². The molecule has 0 spiro atoms. The van der Waals surface area contributed by atoms with Crippen molar-refractivity contribution < 1.29 is 4.79 Å². The molecule has 3 aromatic rings. The summed E-state index contributed by atoms with van der Waals surface area (Å²) in [5.74, 6) is 0.743. The molecule has 0 radical (unpaired) electrons. The molecule has 0 saturated carbocycles. The van der Waals surface area contributed by atoms with Gasteiger partial charge in [0.15, 0.2) is 5.82 Å². The van der Waals surface area contributed by atoms with Crippen LogP contribution in [-0.4, -0.2) is 39.6 Å². The second-order valence-corrected chi connectivity index (χ2v) is 7.74. The van der Waals surface area contributed by atoms with Crippen molar-refractivity contribution in [3.8, 4) is 22.8 Å². The highest BCUT2D eigenvalue weighted by molar-refractivity contribution is 8.00. The zero-order chi connectivity index (χ0) is 19.8. The van der Waals surface area contributed by atoms with Crippen LogP contribution in [0.3, 0.4) is 0 Å². The lowest BCUT2D eigenvalue weighted by molar-refractivity contribution is -0.128. The summed E-state index contributed by atoms with van der Waals surface area (Å²) in [4.78, 5) is 24.5. The number of thiophene rings is 1. The van der Waals surface area contributed by atoms with E-state index < -0.39 is 0 Å². The molecule has 0 N–H and O–H groups in total. The first-order valence-corrected chi connectivity index (χ1v) is 10.5. The fourth-order valence-electron chi connectivity index (χ4n) is 2.63. The Morgan fingerprint density at radius 3 is 2.50 bits per heavy atom. The van der Waals surface area contributed by atoms with E-state index in [0.717, 1.165) is 20.8 Å². The van der Waals surface area contributed by atoms with Crippen molar-refractivity contribution >= 4 is 39.9 Å². The number of amides is 1. The van der Waals surface area contributed by atoms with Crippen molar-refractivity contribution in [1.29, 1.82) is 10.5 Å². The van der Waals surface area contributed by atoms with Gasteiger partial charge in [-0.05, 0) is 17.5 Å². The maximum Gasteiger partial charge on any atom is 0.233 e. The lowest BCUT2D eigenvalue weighted by Crippen LogP contribution is -2.34. The number of nitrogens with zero attached hydrogens (tertiary/aromatic N) is 5. The van der Waals surface area contributed by atoms with Gasteiger partial charge in [0.2, 0.25) is 5.91 Å². The Balaban J connectivity index is 1.82.